The van der Waals surface area contributed by atoms with Gasteiger partial charge in [-0.15, -0.1) is 0 Å². The maximum Gasteiger partial charge on any atom is 0.239 e. The van der Waals surface area contributed by atoms with Gasteiger partial charge >= 0.3 is 0 Å². The predicted molar refractivity (Wildman–Crippen MR) is 67.3 cm³/mol. The van der Waals surface area contributed by atoms with E-state index in [1.807, 2.05) is 0 Å². The van der Waals surface area contributed by atoms with E-state index in [2.05, 4.69) is 19.9 Å². The van der Waals surface area contributed by atoms with Crippen LogP contribution in [0.5, 0.6) is 0 Å². The van der Waals surface area contributed by atoms with Crippen LogP contribution >= 0.6 is 11.6 Å². The van der Waals surface area contributed by atoms with Crippen LogP contribution in [0.3, 0.4) is 0 Å². The summed E-state index contributed by atoms with van der Waals surface area (Å²) in [5.74, 6) is -1.24. The van der Waals surface area contributed by atoms with Crippen molar-refractivity contribution in [3.05, 3.63) is 53.8 Å². The number of aromatic nitrogens is 5. The van der Waals surface area contributed by atoms with Crippen LogP contribution in [-0.2, 0) is 0 Å². The van der Waals surface area contributed by atoms with E-state index in [0.717, 1.165) is 12.1 Å². The normalized spacial score (nSPS) is 10.8. The number of benzene rings is 1. The van der Waals surface area contributed by atoms with Gasteiger partial charge in [-0.05, 0) is 23.7 Å². The van der Waals surface area contributed by atoms with E-state index in [9.17, 15) is 8.78 Å². The molecule has 0 saturated carbocycles. The van der Waals surface area contributed by atoms with Crippen LogP contribution in [-0.4, -0.2) is 24.5 Å². The van der Waals surface area contributed by atoms with E-state index in [1.165, 1.54) is 23.2 Å². The summed E-state index contributed by atoms with van der Waals surface area (Å²) in [6.45, 7) is 0. The molecule has 0 atom stereocenters. The smallest absolute Gasteiger partial charge is 0.239 e. The molecule has 0 aliphatic carbocycles. The van der Waals surface area contributed by atoms with Gasteiger partial charge in [-0.1, -0.05) is 0 Å². The Kier molecular flexibility index (Phi) is 3.11. The fourth-order valence-electron chi connectivity index (χ4n) is 1.62. The molecule has 0 N–H and O–H groups in total. The van der Waals surface area contributed by atoms with Crippen molar-refractivity contribution in [2.24, 2.45) is 0 Å². The summed E-state index contributed by atoms with van der Waals surface area (Å²) >= 11 is 5.81. The Morgan fingerprint density at radius 1 is 1.10 bits per heavy atom. The van der Waals surface area contributed by atoms with E-state index in [0.29, 0.717) is 0 Å². The van der Waals surface area contributed by atoms with E-state index in [1.54, 1.807) is 6.20 Å². The highest BCUT2D eigenvalue weighted by Crippen LogP contribution is 2.21. The Morgan fingerprint density at radius 3 is 2.65 bits per heavy atom. The van der Waals surface area contributed by atoms with Gasteiger partial charge in [-0.3, -0.25) is 4.57 Å². The van der Waals surface area contributed by atoms with Gasteiger partial charge in [-0.2, -0.15) is 15.0 Å². The highest BCUT2D eigenvalue weighted by molar-refractivity contribution is 6.28. The summed E-state index contributed by atoms with van der Waals surface area (Å²) in [5.41, 5.74) is 0.0389. The second kappa shape index (κ2) is 4.93. The molecule has 8 heteroatoms. The second-order valence-corrected chi connectivity index (χ2v) is 4.16. The molecule has 0 fully saturated rings. The van der Waals surface area contributed by atoms with Crippen LogP contribution in [0.4, 0.5) is 8.78 Å². The summed E-state index contributed by atoms with van der Waals surface area (Å²) in [4.78, 5) is 15.7. The topological polar surface area (TPSA) is 56.5 Å². The Balaban J connectivity index is 2.14. The molecule has 0 saturated heterocycles. The lowest BCUT2D eigenvalue weighted by Gasteiger charge is -2.05. The molecule has 0 amide bonds. The first-order valence-electron chi connectivity index (χ1n) is 5.49. The lowest BCUT2D eigenvalue weighted by Crippen LogP contribution is -2.03. The van der Waals surface area contributed by atoms with Crippen LogP contribution in [0.25, 0.3) is 17.3 Å². The zero-order valence-electron chi connectivity index (χ0n) is 9.83. The zero-order chi connectivity index (χ0) is 14.1. The summed E-state index contributed by atoms with van der Waals surface area (Å²) in [6, 6.07) is 3.12. The molecule has 0 spiro atoms. The lowest BCUT2D eigenvalue weighted by atomic mass is 10.2. The maximum atomic E-state index is 13.7. The minimum absolute atomic E-state index is 0.0196. The Labute approximate surface area is 116 Å². The number of halogens is 3. The van der Waals surface area contributed by atoms with Crippen molar-refractivity contribution in [1.82, 2.24) is 24.5 Å². The number of hydrogen-bond donors (Lipinski definition) is 0. The number of imidazole rings is 1. The molecule has 2 heterocycles. The van der Waals surface area contributed by atoms with Gasteiger partial charge in [0.1, 0.15) is 18.0 Å². The van der Waals surface area contributed by atoms with Crippen molar-refractivity contribution in [3.63, 3.8) is 0 Å². The van der Waals surface area contributed by atoms with E-state index in [4.69, 9.17) is 11.6 Å². The average Bonchev–Trinajstić information content (AvgIpc) is 2.91. The minimum atomic E-state index is -0.774. The molecule has 0 aliphatic rings. The van der Waals surface area contributed by atoms with Crippen LogP contribution in [0.1, 0.15) is 0 Å². The summed E-state index contributed by atoms with van der Waals surface area (Å²) in [6.07, 6.45) is 4.61. The zero-order valence-corrected chi connectivity index (χ0v) is 10.6. The van der Waals surface area contributed by atoms with Gasteiger partial charge in [0.05, 0.1) is 5.56 Å². The largest absolute Gasteiger partial charge is 0.274 e. The van der Waals surface area contributed by atoms with Crippen molar-refractivity contribution >= 4 is 11.6 Å². The van der Waals surface area contributed by atoms with Gasteiger partial charge in [-0.25, -0.2) is 13.8 Å². The van der Waals surface area contributed by atoms with Gasteiger partial charge in [0.2, 0.25) is 11.2 Å². The number of nitrogens with zero attached hydrogens (tertiary/aromatic N) is 5. The van der Waals surface area contributed by atoms with Crippen molar-refractivity contribution < 1.29 is 8.78 Å². The number of rotatable bonds is 2. The van der Waals surface area contributed by atoms with Crippen LogP contribution in [0, 0.1) is 11.6 Å². The molecule has 0 unspecified atom stereocenters. The Bertz CT molecular complexity index is 761. The fourth-order valence-corrected chi connectivity index (χ4v) is 1.78. The molecule has 0 aliphatic heterocycles. The summed E-state index contributed by atoms with van der Waals surface area (Å²) in [5, 5.41) is -0.0950. The van der Waals surface area contributed by atoms with Crippen molar-refractivity contribution in [1.29, 1.82) is 0 Å². The van der Waals surface area contributed by atoms with Gasteiger partial charge in [0.25, 0.3) is 0 Å². The molecule has 5 nitrogen and oxygen atoms in total. The first-order chi connectivity index (χ1) is 9.63. The van der Waals surface area contributed by atoms with Gasteiger partial charge < -0.3 is 0 Å². The van der Waals surface area contributed by atoms with Gasteiger partial charge in [0.15, 0.2) is 5.82 Å². The van der Waals surface area contributed by atoms with E-state index >= 15 is 0 Å². The highest BCUT2D eigenvalue weighted by Gasteiger charge is 2.13. The number of hydrogen-bond acceptors (Lipinski definition) is 4. The average molecular weight is 294 g/mol. The standard InChI is InChI=1S/C12H6ClF2N5/c13-11-17-10(8-2-1-7(14)5-9(8)15)18-12(19-11)20-4-3-16-6-20/h1-6H. The minimum Gasteiger partial charge on any atom is -0.274 e. The first kappa shape index (κ1) is 12.6. The third kappa shape index (κ3) is 2.35. The highest BCUT2D eigenvalue weighted by atomic mass is 35.5. The molecule has 20 heavy (non-hydrogen) atoms. The van der Waals surface area contributed by atoms with Crippen molar-refractivity contribution in [2.45, 2.75) is 0 Å². The van der Waals surface area contributed by atoms with Crippen LogP contribution in [0.2, 0.25) is 5.28 Å². The van der Waals surface area contributed by atoms with E-state index in [-0.39, 0.29) is 22.6 Å². The monoisotopic (exact) mass is 293 g/mol. The molecule has 2 aromatic heterocycles. The lowest BCUT2D eigenvalue weighted by molar-refractivity contribution is 0.584. The van der Waals surface area contributed by atoms with Gasteiger partial charge in [0, 0.05) is 18.5 Å². The molecule has 0 radical (unpaired) electrons. The maximum absolute atomic E-state index is 13.7. The van der Waals surface area contributed by atoms with Crippen molar-refractivity contribution in [2.75, 3.05) is 0 Å². The third-order valence-electron chi connectivity index (χ3n) is 2.50. The predicted octanol–water partition coefficient (Wildman–Crippen LogP) is 2.66. The fraction of sp³-hybridized carbons (Fsp3) is 0. The molecular weight excluding hydrogens is 288 g/mol. The SMILES string of the molecule is Fc1ccc(-c2nc(Cl)nc(-n3ccnc3)n2)c(F)c1. The Morgan fingerprint density at radius 2 is 1.95 bits per heavy atom. The molecular formula is C12H6ClF2N5. The second-order valence-electron chi connectivity index (χ2n) is 3.82. The Hall–Kier alpha value is -2.41. The van der Waals surface area contributed by atoms with Crippen molar-refractivity contribution in [3.8, 4) is 17.3 Å². The first-order valence-corrected chi connectivity index (χ1v) is 5.86. The van der Waals surface area contributed by atoms with Crippen LogP contribution < -0.4 is 0 Å². The molecule has 100 valence electrons. The quantitative estimate of drug-likeness (QED) is 0.729. The summed E-state index contributed by atoms with van der Waals surface area (Å²) < 4.78 is 28.2. The molecule has 1 aromatic carbocycles. The summed E-state index contributed by atoms with van der Waals surface area (Å²) in [7, 11) is 0. The van der Waals surface area contributed by atoms with E-state index < -0.39 is 11.6 Å². The molecule has 0 bridgehead atoms. The molecule has 3 aromatic rings. The molecule has 3 rings (SSSR count). The van der Waals surface area contributed by atoms with Crippen LogP contribution in [0.15, 0.2) is 36.9 Å². The third-order valence-corrected chi connectivity index (χ3v) is 2.67.